The zero-order chi connectivity index (χ0) is 21.5. The predicted octanol–water partition coefficient (Wildman–Crippen LogP) is 4.40. The van der Waals surface area contributed by atoms with Crippen molar-refractivity contribution in [1.29, 1.82) is 5.26 Å². The Hall–Kier alpha value is -3.85. The monoisotopic (exact) mass is 403 g/mol. The Bertz CT molecular complexity index is 1180. The summed E-state index contributed by atoms with van der Waals surface area (Å²) >= 11 is 0. The number of benzene rings is 2. The molecule has 6 nitrogen and oxygen atoms in total. The van der Waals surface area contributed by atoms with E-state index in [0.29, 0.717) is 34.5 Å². The average Bonchev–Trinajstić information content (AvgIpc) is 2.76. The van der Waals surface area contributed by atoms with Crippen LogP contribution in [0.5, 0.6) is 5.75 Å². The Morgan fingerprint density at radius 2 is 1.90 bits per heavy atom. The Morgan fingerprint density at radius 1 is 1.13 bits per heavy atom. The van der Waals surface area contributed by atoms with E-state index >= 15 is 0 Å². The van der Waals surface area contributed by atoms with Crippen LogP contribution in [0.2, 0.25) is 0 Å². The number of aryl methyl sites for hydroxylation is 1. The number of esters is 1. The van der Waals surface area contributed by atoms with E-state index in [1.165, 1.54) is 12.1 Å². The van der Waals surface area contributed by atoms with Crippen LogP contribution in [0.25, 0.3) is 17.0 Å². The minimum Gasteiger partial charge on any atom is -0.494 e. The summed E-state index contributed by atoms with van der Waals surface area (Å²) in [6, 6.07) is 15.7. The summed E-state index contributed by atoms with van der Waals surface area (Å²) in [6.07, 6.45) is 2.25. The maximum absolute atomic E-state index is 12.4. The molecule has 0 spiro atoms. The van der Waals surface area contributed by atoms with Crippen molar-refractivity contribution in [3.8, 4) is 11.8 Å². The summed E-state index contributed by atoms with van der Waals surface area (Å²) in [5.74, 6) is -0.0605. The quantitative estimate of drug-likeness (QED) is 0.251. The fourth-order valence-corrected chi connectivity index (χ4v) is 2.97. The number of nitrogens with zero attached hydrogens (tertiary/aromatic N) is 1. The molecule has 1 heterocycles. The van der Waals surface area contributed by atoms with Crippen molar-refractivity contribution in [1.82, 2.24) is 0 Å². The van der Waals surface area contributed by atoms with E-state index in [1.807, 2.05) is 32.0 Å². The first-order valence-electron chi connectivity index (χ1n) is 9.61. The molecule has 0 fully saturated rings. The van der Waals surface area contributed by atoms with E-state index in [0.717, 1.165) is 12.0 Å². The first-order chi connectivity index (χ1) is 14.5. The molecule has 2 aromatic carbocycles. The SMILES string of the molecule is CCOc1ccc(/C=C(\C#N)C(=O)OCc2cc(=O)oc3cc(CC)ccc23)cc1. The molecule has 6 heteroatoms. The van der Waals surface area contributed by atoms with Crippen molar-refractivity contribution < 1.29 is 18.7 Å². The van der Waals surface area contributed by atoms with Crippen LogP contribution in [0, 0.1) is 11.3 Å². The molecule has 0 radical (unpaired) electrons. The van der Waals surface area contributed by atoms with E-state index in [4.69, 9.17) is 13.9 Å². The molecule has 0 atom stereocenters. The Morgan fingerprint density at radius 3 is 2.57 bits per heavy atom. The topological polar surface area (TPSA) is 89.5 Å². The molecule has 0 unspecified atom stereocenters. The largest absolute Gasteiger partial charge is 0.494 e. The molecule has 30 heavy (non-hydrogen) atoms. The van der Waals surface area contributed by atoms with Gasteiger partial charge in [-0.3, -0.25) is 0 Å². The number of carbonyl (C=O) groups excluding carboxylic acids is 1. The van der Waals surface area contributed by atoms with Crippen LogP contribution in [0.3, 0.4) is 0 Å². The second-order valence-corrected chi connectivity index (χ2v) is 6.52. The second-order valence-electron chi connectivity index (χ2n) is 6.52. The molecule has 3 rings (SSSR count). The van der Waals surface area contributed by atoms with Crippen LogP contribution in [-0.2, 0) is 22.6 Å². The lowest BCUT2D eigenvalue weighted by Crippen LogP contribution is -2.09. The molecule has 0 aliphatic carbocycles. The molecular weight excluding hydrogens is 382 g/mol. The molecule has 3 aromatic rings. The lowest BCUT2D eigenvalue weighted by atomic mass is 10.1. The molecule has 0 aliphatic rings. The Labute approximate surface area is 174 Å². The van der Waals surface area contributed by atoms with Crippen LogP contribution >= 0.6 is 0 Å². The Kier molecular flexibility index (Phi) is 6.66. The smallest absolute Gasteiger partial charge is 0.349 e. The number of ether oxygens (including phenoxy) is 2. The highest BCUT2D eigenvalue weighted by Gasteiger charge is 2.13. The maximum atomic E-state index is 12.4. The van der Waals surface area contributed by atoms with Crippen LogP contribution < -0.4 is 10.4 Å². The van der Waals surface area contributed by atoms with Gasteiger partial charge in [0.25, 0.3) is 0 Å². The van der Waals surface area contributed by atoms with E-state index < -0.39 is 11.6 Å². The van der Waals surface area contributed by atoms with Crippen LogP contribution in [0.4, 0.5) is 0 Å². The maximum Gasteiger partial charge on any atom is 0.349 e. The normalized spacial score (nSPS) is 11.2. The first kappa shape index (κ1) is 20.9. The molecule has 1 aromatic heterocycles. The number of carbonyl (C=O) groups is 1. The fourth-order valence-electron chi connectivity index (χ4n) is 2.97. The van der Waals surface area contributed by atoms with Crippen molar-refractivity contribution in [2.75, 3.05) is 6.61 Å². The van der Waals surface area contributed by atoms with Crippen molar-refractivity contribution in [3.05, 3.63) is 81.2 Å². The third kappa shape index (κ3) is 4.95. The van der Waals surface area contributed by atoms with Crippen molar-refractivity contribution in [2.24, 2.45) is 0 Å². The van der Waals surface area contributed by atoms with E-state index in [2.05, 4.69) is 0 Å². The van der Waals surface area contributed by atoms with Crippen molar-refractivity contribution in [2.45, 2.75) is 26.9 Å². The molecule has 152 valence electrons. The molecule has 0 amide bonds. The highest BCUT2D eigenvalue weighted by molar-refractivity contribution is 5.98. The van der Waals surface area contributed by atoms with Gasteiger partial charge in [0.15, 0.2) is 0 Å². The first-order valence-corrected chi connectivity index (χ1v) is 9.61. The highest BCUT2D eigenvalue weighted by atomic mass is 16.5. The molecule has 0 saturated heterocycles. The zero-order valence-corrected chi connectivity index (χ0v) is 16.8. The van der Waals surface area contributed by atoms with Gasteiger partial charge in [-0.05, 0) is 48.7 Å². The summed E-state index contributed by atoms with van der Waals surface area (Å²) in [5.41, 5.74) is 2.01. The average molecular weight is 403 g/mol. The summed E-state index contributed by atoms with van der Waals surface area (Å²) in [7, 11) is 0. The van der Waals surface area contributed by atoms with E-state index in [-0.39, 0.29) is 12.2 Å². The zero-order valence-electron chi connectivity index (χ0n) is 16.8. The van der Waals surface area contributed by atoms with Crippen LogP contribution in [0.1, 0.15) is 30.5 Å². The predicted molar refractivity (Wildman–Crippen MR) is 113 cm³/mol. The number of nitriles is 1. The number of hydrogen-bond acceptors (Lipinski definition) is 6. The van der Waals surface area contributed by atoms with E-state index in [1.54, 1.807) is 30.3 Å². The third-order valence-electron chi connectivity index (χ3n) is 4.50. The second kappa shape index (κ2) is 9.57. The number of hydrogen-bond donors (Lipinski definition) is 0. The van der Waals surface area contributed by atoms with Gasteiger partial charge in [0.2, 0.25) is 0 Å². The summed E-state index contributed by atoms with van der Waals surface area (Å²) in [5, 5.41) is 10.0. The molecule has 0 saturated carbocycles. The summed E-state index contributed by atoms with van der Waals surface area (Å²) in [6.45, 7) is 4.30. The van der Waals surface area contributed by atoms with E-state index in [9.17, 15) is 14.9 Å². The molecule has 0 aliphatic heterocycles. The summed E-state index contributed by atoms with van der Waals surface area (Å²) in [4.78, 5) is 24.3. The van der Waals surface area contributed by atoms with Gasteiger partial charge in [-0.2, -0.15) is 5.26 Å². The summed E-state index contributed by atoms with van der Waals surface area (Å²) < 4.78 is 15.9. The Balaban J connectivity index is 1.78. The highest BCUT2D eigenvalue weighted by Crippen LogP contribution is 2.21. The molecular formula is C24H21NO5. The fraction of sp³-hybridized carbons (Fsp3) is 0.208. The lowest BCUT2D eigenvalue weighted by molar-refractivity contribution is -0.139. The van der Waals surface area contributed by atoms with Gasteiger partial charge < -0.3 is 13.9 Å². The van der Waals surface area contributed by atoms with Gasteiger partial charge in [-0.1, -0.05) is 31.2 Å². The van der Waals surface area contributed by atoms with Crippen LogP contribution in [0.15, 0.2) is 63.3 Å². The van der Waals surface area contributed by atoms with Crippen LogP contribution in [-0.4, -0.2) is 12.6 Å². The minimum atomic E-state index is -0.766. The van der Waals surface area contributed by atoms with Gasteiger partial charge in [0.05, 0.1) is 6.61 Å². The minimum absolute atomic E-state index is 0.139. The van der Waals surface area contributed by atoms with Crippen molar-refractivity contribution >= 4 is 23.0 Å². The van der Waals surface area contributed by atoms with Gasteiger partial charge in [-0.25, -0.2) is 9.59 Å². The number of fused-ring (bicyclic) bond motifs is 1. The molecule has 0 bridgehead atoms. The van der Waals surface area contributed by atoms with Gasteiger partial charge in [0.1, 0.15) is 29.6 Å². The van der Waals surface area contributed by atoms with Crippen molar-refractivity contribution in [3.63, 3.8) is 0 Å². The van der Waals surface area contributed by atoms with Gasteiger partial charge >= 0.3 is 11.6 Å². The lowest BCUT2D eigenvalue weighted by Gasteiger charge is -2.08. The third-order valence-corrected chi connectivity index (χ3v) is 4.50. The standard InChI is InChI=1S/C24H21NO5/c1-3-16-7-10-21-19(13-23(26)30-22(21)12-16)15-29-24(27)18(14-25)11-17-5-8-20(9-6-17)28-4-2/h5-13H,3-4,15H2,1-2H3/b18-11+. The number of rotatable bonds is 7. The molecule has 0 N–H and O–H groups in total. The van der Waals surface area contributed by atoms with Gasteiger partial charge in [-0.15, -0.1) is 0 Å². The van der Waals surface area contributed by atoms with Gasteiger partial charge in [0, 0.05) is 17.0 Å².